The number of halogens is 1. The Bertz CT molecular complexity index is 473. The summed E-state index contributed by atoms with van der Waals surface area (Å²) in [5.41, 5.74) is 5.77. The first-order chi connectivity index (χ1) is 10.1. The van der Waals surface area contributed by atoms with E-state index in [1.54, 1.807) is 11.8 Å². The monoisotopic (exact) mass is 368 g/mol. The number of ether oxygens (including phenoxy) is 1. The van der Waals surface area contributed by atoms with Gasteiger partial charge in [-0.2, -0.15) is 11.8 Å². The first-order valence-electron chi connectivity index (χ1n) is 6.51. The highest BCUT2D eigenvalue weighted by Crippen LogP contribution is 2.17. The van der Waals surface area contributed by atoms with Crippen LogP contribution in [0, 0.1) is 0 Å². The van der Waals surface area contributed by atoms with E-state index in [9.17, 15) is 9.59 Å². The summed E-state index contributed by atoms with van der Waals surface area (Å²) in [6.45, 7) is 0. The SMILES string of the molecule is COC(=O)CCCc1nnc(NC(=O)[C@@H](N)CCSC)s1.Cl. The highest BCUT2D eigenvalue weighted by atomic mass is 35.5. The number of carbonyl (C=O) groups excluding carboxylic acids is 2. The van der Waals surface area contributed by atoms with Crippen molar-refractivity contribution in [2.45, 2.75) is 31.7 Å². The number of amides is 1. The molecular formula is C12H21ClN4O3S2. The van der Waals surface area contributed by atoms with Crippen LogP contribution in [0.15, 0.2) is 0 Å². The zero-order chi connectivity index (χ0) is 15.7. The fourth-order valence-electron chi connectivity index (χ4n) is 1.47. The lowest BCUT2D eigenvalue weighted by Crippen LogP contribution is -2.36. The quantitative estimate of drug-likeness (QED) is 0.635. The van der Waals surface area contributed by atoms with Crippen LogP contribution in [0.5, 0.6) is 0 Å². The number of carbonyl (C=O) groups is 2. The molecule has 3 N–H and O–H groups in total. The van der Waals surface area contributed by atoms with Crippen LogP contribution in [0.25, 0.3) is 0 Å². The summed E-state index contributed by atoms with van der Waals surface area (Å²) < 4.78 is 4.56. The van der Waals surface area contributed by atoms with E-state index in [1.807, 2.05) is 6.26 Å². The molecule has 1 aromatic rings. The number of nitrogens with one attached hydrogen (secondary N) is 1. The molecule has 0 aliphatic rings. The van der Waals surface area contributed by atoms with Crippen LogP contribution in [0.1, 0.15) is 24.3 Å². The van der Waals surface area contributed by atoms with E-state index >= 15 is 0 Å². The van der Waals surface area contributed by atoms with Gasteiger partial charge in [0.1, 0.15) is 5.01 Å². The lowest BCUT2D eigenvalue weighted by atomic mass is 10.2. The topological polar surface area (TPSA) is 107 Å². The minimum atomic E-state index is -0.538. The Morgan fingerprint density at radius 2 is 2.18 bits per heavy atom. The third kappa shape index (κ3) is 7.92. The Balaban J connectivity index is 0.00000441. The Hall–Kier alpha value is -0.900. The predicted octanol–water partition coefficient (Wildman–Crippen LogP) is 1.47. The highest BCUT2D eigenvalue weighted by Gasteiger charge is 2.15. The summed E-state index contributed by atoms with van der Waals surface area (Å²) in [5, 5.41) is 11.7. The van der Waals surface area contributed by atoms with Gasteiger partial charge in [-0.15, -0.1) is 22.6 Å². The van der Waals surface area contributed by atoms with Gasteiger partial charge in [-0.1, -0.05) is 11.3 Å². The second kappa shape index (κ2) is 11.6. The third-order valence-electron chi connectivity index (χ3n) is 2.67. The molecule has 0 bridgehead atoms. The number of nitrogens with two attached hydrogens (primary N) is 1. The maximum absolute atomic E-state index is 11.8. The predicted molar refractivity (Wildman–Crippen MR) is 91.7 cm³/mol. The van der Waals surface area contributed by atoms with Crippen LogP contribution in [0.2, 0.25) is 0 Å². The number of thioether (sulfide) groups is 1. The summed E-state index contributed by atoms with van der Waals surface area (Å²) in [7, 11) is 1.36. The van der Waals surface area contributed by atoms with E-state index < -0.39 is 6.04 Å². The van der Waals surface area contributed by atoms with Crippen molar-refractivity contribution < 1.29 is 14.3 Å². The smallest absolute Gasteiger partial charge is 0.305 e. The van der Waals surface area contributed by atoms with E-state index in [2.05, 4.69) is 20.3 Å². The number of nitrogens with zero attached hydrogens (tertiary/aromatic N) is 2. The van der Waals surface area contributed by atoms with E-state index in [-0.39, 0.29) is 24.3 Å². The molecule has 0 aliphatic carbocycles. The number of anilines is 1. The van der Waals surface area contributed by atoms with Crippen LogP contribution in [-0.4, -0.2) is 47.2 Å². The van der Waals surface area contributed by atoms with Crippen LogP contribution >= 0.6 is 35.5 Å². The van der Waals surface area contributed by atoms with E-state index in [0.29, 0.717) is 30.8 Å². The molecule has 0 saturated heterocycles. The summed E-state index contributed by atoms with van der Waals surface area (Å²) in [6, 6.07) is -0.538. The van der Waals surface area contributed by atoms with Gasteiger partial charge in [-0.05, 0) is 24.9 Å². The molecule has 1 rings (SSSR count). The molecule has 0 aliphatic heterocycles. The van der Waals surface area contributed by atoms with Gasteiger partial charge in [0.05, 0.1) is 13.2 Å². The molecule has 0 spiro atoms. The van der Waals surface area contributed by atoms with Crippen molar-refractivity contribution in [3.63, 3.8) is 0 Å². The van der Waals surface area contributed by atoms with Crippen molar-refractivity contribution in [2.75, 3.05) is 24.4 Å². The molecule has 0 aromatic carbocycles. The third-order valence-corrected chi connectivity index (χ3v) is 4.21. The molecular weight excluding hydrogens is 348 g/mol. The van der Waals surface area contributed by atoms with Gasteiger partial charge >= 0.3 is 5.97 Å². The Kier molecular flexibility index (Phi) is 11.2. The number of hydrogen-bond donors (Lipinski definition) is 2. The minimum absolute atomic E-state index is 0. The van der Waals surface area contributed by atoms with Crippen LogP contribution in [-0.2, 0) is 20.7 Å². The van der Waals surface area contributed by atoms with E-state index in [0.717, 1.165) is 10.8 Å². The molecule has 1 amide bonds. The second-order valence-electron chi connectivity index (χ2n) is 4.31. The molecule has 1 aromatic heterocycles. The van der Waals surface area contributed by atoms with Gasteiger partial charge in [-0.3, -0.25) is 14.9 Å². The summed E-state index contributed by atoms with van der Waals surface area (Å²) in [4.78, 5) is 22.8. The molecule has 7 nitrogen and oxygen atoms in total. The minimum Gasteiger partial charge on any atom is -0.469 e. The summed E-state index contributed by atoms with van der Waals surface area (Å²) >= 11 is 2.94. The van der Waals surface area contributed by atoms with Crippen molar-refractivity contribution in [3.8, 4) is 0 Å². The first kappa shape index (κ1) is 21.1. The highest BCUT2D eigenvalue weighted by molar-refractivity contribution is 7.98. The van der Waals surface area contributed by atoms with E-state index in [4.69, 9.17) is 5.73 Å². The molecule has 0 unspecified atom stereocenters. The first-order valence-corrected chi connectivity index (χ1v) is 8.72. The van der Waals surface area contributed by atoms with Gasteiger partial charge < -0.3 is 10.5 Å². The molecule has 10 heteroatoms. The van der Waals surface area contributed by atoms with Crippen molar-refractivity contribution in [1.29, 1.82) is 0 Å². The van der Waals surface area contributed by atoms with Crippen molar-refractivity contribution in [3.05, 3.63) is 5.01 Å². The molecule has 22 heavy (non-hydrogen) atoms. The Labute approximate surface area is 144 Å². The lowest BCUT2D eigenvalue weighted by Gasteiger charge is -2.08. The maximum atomic E-state index is 11.8. The second-order valence-corrected chi connectivity index (χ2v) is 6.36. The van der Waals surface area contributed by atoms with Gasteiger partial charge in [0.2, 0.25) is 11.0 Å². The average Bonchev–Trinajstić information content (AvgIpc) is 2.91. The number of aryl methyl sites for hydroxylation is 1. The van der Waals surface area contributed by atoms with E-state index in [1.165, 1.54) is 18.4 Å². The molecule has 126 valence electrons. The van der Waals surface area contributed by atoms with Crippen molar-refractivity contribution >= 4 is 52.5 Å². The Morgan fingerprint density at radius 1 is 1.45 bits per heavy atom. The molecule has 0 radical (unpaired) electrons. The molecule has 0 saturated carbocycles. The number of aromatic nitrogens is 2. The standard InChI is InChI=1S/C12H20N4O3S2.ClH/c1-19-10(17)5-3-4-9-15-16-12(21-9)14-11(18)8(13)6-7-20-2;/h8H,3-7,13H2,1-2H3,(H,14,16,18);1H/t8-;/m0./s1. The van der Waals surface area contributed by atoms with Gasteiger partial charge in [0.15, 0.2) is 0 Å². The van der Waals surface area contributed by atoms with Crippen molar-refractivity contribution in [2.24, 2.45) is 5.73 Å². The normalized spacial score (nSPS) is 11.4. The largest absolute Gasteiger partial charge is 0.469 e. The van der Waals surface area contributed by atoms with Crippen molar-refractivity contribution in [1.82, 2.24) is 10.2 Å². The summed E-state index contributed by atoms with van der Waals surface area (Å²) in [6.07, 6.45) is 4.20. The van der Waals surface area contributed by atoms with Crippen LogP contribution in [0.4, 0.5) is 5.13 Å². The zero-order valence-corrected chi connectivity index (χ0v) is 15.0. The number of methoxy groups -OCH3 is 1. The molecule has 1 heterocycles. The molecule has 0 fully saturated rings. The lowest BCUT2D eigenvalue weighted by molar-refractivity contribution is -0.140. The van der Waals surface area contributed by atoms with Gasteiger partial charge in [0, 0.05) is 12.8 Å². The number of hydrogen-bond acceptors (Lipinski definition) is 8. The Morgan fingerprint density at radius 3 is 2.82 bits per heavy atom. The molecule has 1 atom stereocenters. The zero-order valence-electron chi connectivity index (χ0n) is 12.5. The van der Waals surface area contributed by atoms with Crippen LogP contribution < -0.4 is 11.1 Å². The van der Waals surface area contributed by atoms with Gasteiger partial charge in [0.25, 0.3) is 0 Å². The van der Waals surface area contributed by atoms with Gasteiger partial charge in [-0.25, -0.2) is 0 Å². The fourth-order valence-corrected chi connectivity index (χ4v) is 2.74. The fraction of sp³-hybridized carbons (Fsp3) is 0.667. The summed E-state index contributed by atoms with van der Waals surface area (Å²) in [5.74, 6) is 0.345. The maximum Gasteiger partial charge on any atom is 0.305 e. The van der Waals surface area contributed by atoms with Crippen LogP contribution in [0.3, 0.4) is 0 Å². The number of rotatable bonds is 9. The average molecular weight is 369 g/mol. The number of esters is 1.